The smallest absolute Gasteiger partial charge is 0.338 e. The van der Waals surface area contributed by atoms with Gasteiger partial charge in [-0.25, -0.2) is 9.79 Å². The molecule has 3 heterocycles. The molecule has 4 aromatic rings. The Morgan fingerprint density at radius 2 is 1.98 bits per heavy atom. The van der Waals surface area contributed by atoms with Crippen LogP contribution in [0, 0.1) is 10.1 Å². The van der Waals surface area contributed by atoms with Gasteiger partial charge in [0.2, 0.25) is 0 Å². The Labute approximate surface area is 250 Å². The summed E-state index contributed by atoms with van der Waals surface area (Å²) in [6.45, 7) is 7.38. The van der Waals surface area contributed by atoms with E-state index in [1.807, 2.05) is 32.0 Å². The number of allylic oxidation sites excluding steroid dienone is 1. The fraction of sp³-hybridized carbons (Fsp3) is 0.258. The van der Waals surface area contributed by atoms with E-state index in [-0.39, 0.29) is 35.3 Å². The van der Waals surface area contributed by atoms with Crippen molar-refractivity contribution < 1.29 is 28.3 Å². The summed E-state index contributed by atoms with van der Waals surface area (Å²) >= 11 is 1.14. The monoisotopic (exact) mass is 603 g/mol. The maximum absolute atomic E-state index is 14.0. The van der Waals surface area contributed by atoms with E-state index in [1.54, 1.807) is 50.3 Å². The van der Waals surface area contributed by atoms with Gasteiger partial charge in [0.25, 0.3) is 11.2 Å². The van der Waals surface area contributed by atoms with Gasteiger partial charge in [0.1, 0.15) is 29.1 Å². The largest absolute Gasteiger partial charge is 0.497 e. The molecule has 11 nitrogen and oxygen atoms in total. The van der Waals surface area contributed by atoms with Crippen molar-refractivity contribution in [3.05, 3.63) is 107 Å². The lowest BCUT2D eigenvalue weighted by Crippen LogP contribution is -2.40. The number of thiazole rings is 1. The minimum absolute atomic E-state index is 0.150. The third kappa shape index (κ3) is 5.73. The van der Waals surface area contributed by atoms with Crippen LogP contribution >= 0.6 is 11.3 Å². The predicted molar refractivity (Wildman–Crippen MR) is 160 cm³/mol. The zero-order valence-electron chi connectivity index (χ0n) is 24.2. The van der Waals surface area contributed by atoms with Gasteiger partial charge >= 0.3 is 5.97 Å². The second-order valence-corrected chi connectivity index (χ2v) is 10.9. The van der Waals surface area contributed by atoms with Crippen molar-refractivity contribution in [3.63, 3.8) is 0 Å². The third-order valence-corrected chi connectivity index (χ3v) is 7.64. The zero-order valence-corrected chi connectivity index (χ0v) is 25.0. The van der Waals surface area contributed by atoms with E-state index in [9.17, 15) is 19.7 Å². The lowest BCUT2D eigenvalue weighted by molar-refractivity contribution is -0.384. The van der Waals surface area contributed by atoms with Crippen LogP contribution in [0.1, 0.15) is 45.1 Å². The van der Waals surface area contributed by atoms with E-state index in [4.69, 9.17) is 18.6 Å². The number of nitro benzene ring substituents is 1. The van der Waals surface area contributed by atoms with Crippen molar-refractivity contribution in [1.29, 1.82) is 0 Å². The van der Waals surface area contributed by atoms with Crippen LogP contribution in [0.2, 0.25) is 0 Å². The summed E-state index contributed by atoms with van der Waals surface area (Å²) < 4.78 is 24.3. The van der Waals surface area contributed by atoms with E-state index in [0.29, 0.717) is 37.9 Å². The third-order valence-electron chi connectivity index (χ3n) is 6.66. The average molecular weight is 604 g/mol. The van der Waals surface area contributed by atoms with Gasteiger partial charge < -0.3 is 18.6 Å². The summed E-state index contributed by atoms with van der Waals surface area (Å²) in [7, 11) is 1.43. The van der Waals surface area contributed by atoms with Crippen LogP contribution in [0.4, 0.5) is 5.69 Å². The second kappa shape index (κ2) is 12.1. The van der Waals surface area contributed by atoms with Gasteiger partial charge in [-0.1, -0.05) is 29.5 Å². The molecule has 0 unspecified atom stereocenters. The number of benzene rings is 2. The molecule has 2 aromatic carbocycles. The number of nitrogens with zero attached hydrogens (tertiary/aromatic N) is 3. The highest BCUT2D eigenvalue weighted by Gasteiger charge is 2.35. The van der Waals surface area contributed by atoms with Crippen molar-refractivity contribution >= 4 is 29.1 Å². The number of para-hydroxylation sites is 1. The number of rotatable bonds is 9. The number of aromatic nitrogens is 1. The van der Waals surface area contributed by atoms with E-state index >= 15 is 0 Å². The van der Waals surface area contributed by atoms with Crippen molar-refractivity contribution in [2.75, 3.05) is 13.7 Å². The summed E-state index contributed by atoms with van der Waals surface area (Å²) in [5, 5.41) is 11.7. The molecule has 0 bridgehead atoms. The molecule has 0 saturated carbocycles. The molecule has 1 aliphatic heterocycles. The number of hydrogen-bond donors (Lipinski definition) is 0. The first-order valence-corrected chi connectivity index (χ1v) is 14.3. The molecule has 43 heavy (non-hydrogen) atoms. The van der Waals surface area contributed by atoms with Crippen molar-refractivity contribution in [2.45, 2.75) is 39.8 Å². The topological polar surface area (TPSA) is 135 Å². The predicted octanol–water partition coefficient (Wildman–Crippen LogP) is 4.76. The molecule has 0 saturated heterocycles. The number of carbonyl (C=O) groups is 1. The lowest BCUT2D eigenvalue weighted by Gasteiger charge is -2.26. The van der Waals surface area contributed by atoms with Gasteiger partial charge in [0.15, 0.2) is 4.80 Å². The Morgan fingerprint density at radius 1 is 1.21 bits per heavy atom. The molecule has 5 rings (SSSR count). The number of fused-ring (bicyclic) bond motifs is 1. The van der Waals surface area contributed by atoms with E-state index in [2.05, 4.69) is 4.99 Å². The van der Waals surface area contributed by atoms with Crippen LogP contribution in [0.5, 0.6) is 11.5 Å². The fourth-order valence-electron chi connectivity index (χ4n) is 4.86. The van der Waals surface area contributed by atoms with Gasteiger partial charge in [-0.05, 0) is 58.0 Å². The minimum atomic E-state index is -0.846. The minimum Gasteiger partial charge on any atom is -0.497 e. The van der Waals surface area contributed by atoms with Gasteiger partial charge in [-0.2, -0.15) is 0 Å². The molecule has 2 aromatic heterocycles. The summed E-state index contributed by atoms with van der Waals surface area (Å²) in [4.78, 5) is 43.4. The van der Waals surface area contributed by atoms with Gasteiger partial charge in [-0.3, -0.25) is 19.5 Å². The Balaban J connectivity index is 1.65. The fourth-order valence-corrected chi connectivity index (χ4v) is 5.88. The van der Waals surface area contributed by atoms with Gasteiger partial charge in [0.05, 0.1) is 52.2 Å². The van der Waals surface area contributed by atoms with E-state index < -0.39 is 22.5 Å². The number of carbonyl (C=O) groups excluding carboxylic acids is 1. The average Bonchev–Trinajstić information content (AvgIpc) is 3.56. The maximum Gasteiger partial charge on any atom is 0.338 e. The SMILES string of the molecule is CCOC(=O)C1=C(C)N=c2s/c(=C\c3ccc(-c4ccc(OC)cc4[N+](=O)[O-])o3)c(=O)n2[C@H]1c1ccccc1OC(C)C. The number of ether oxygens (including phenoxy) is 3. The lowest BCUT2D eigenvalue weighted by atomic mass is 9.95. The summed E-state index contributed by atoms with van der Waals surface area (Å²) in [5.41, 5.74) is 0.992. The van der Waals surface area contributed by atoms with Crippen LogP contribution in [-0.2, 0) is 9.53 Å². The highest BCUT2D eigenvalue weighted by atomic mass is 32.1. The number of hydrogen-bond acceptors (Lipinski definition) is 10. The normalized spacial score (nSPS) is 14.8. The van der Waals surface area contributed by atoms with Crippen LogP contribution in [0.3, 0.4) is 0 Å². The molecule has 0 amide bonds. The molecular formula is C31H29N3O8S. The molecule has 0 fully saturated rings. The van der Waals surface area contributed by atoms with Crippen LogP contribution < -0.4 is 24.4 Å². The summed E-state index contributed by atoms with van der Waals surface area (Å²) in [6.07, 6.45) is 1.41. The first-order valence-electron chi connectivity index (χ1n) is 13.5. The first-order chi connectivity index (χ1) is 20.6. The Morgan fingerprint density at radius 3 is 2.67 bits per heavy atom. The van der Waals surface area contributed by atoms with Crippen molar-refractivity contribution in [1.82, 2.24) is 4.57 Å². The molecule has 0 N–H and O–H groups in total. The van der Waals surface area contributed by atoms with Gasteiger partial charge in [-0.15, -0.1) is 0 Å². The quantitative estimate of drug-likeness (QED) is 0.152. The maximum atomic E-state index is 14.0. The van der Waals surface area contributed by atoms with Crippen LogP contribution in [-0.4, -0.2) is 35.3 Å². The standard InChI is InChI=1S/C31H29N3O8S/c1-6-40-30(36)27-18(4)32-31-33(28(27)22-9-7-8-10-24(22)41-17(2)3)29(35)26(43-31)16-20-12-14-25(42-20)21-13-11-19(39-5)15-23(21)34(37)38/h7-17,28H,6H2,1-5H3/b26-16-/t28-/m0/s1. The molecule has 0 spiro atoms. The molecule has 1 aliphatic rings. The summed E-state index contributed by atoms with van der Waals surface area (Å²) in [6, 6.07) is 14.1. The molecule has 1 atom stereocenters. The Kier molecular flexibility index (Phi) is 8.31. The zero-order chi connectivity index (χ0) is 30.8. The molecular weight excluding hydrogens is 574 g/mol. The van der Waals surface area contributed by atoms with Crippen LogP contribution in [0.15, 0.2) is 80.1 Å². The second-order valence-electron chi connectivity index (χ2n) is 9.85. The molecule has 222 valence electrons. The highest BCUT2D eigenvalue weighted by Crippen LogP contribution is 2.37. The van der Waals surface area contributed by atoms with Crippen molar-refractivity contribution in [2.24, 2.45) is 4.99 Å². The van der Waals surface area contributed by atoms with Crippen LogP contribution in [0.25, 0.3) is 17.4 Å². The highest BCUT2D eigenvalue weighted by molar-refractivity contribution is 7.07. The molecule has 12 heteroatoms. The van der Waals surface area contributed by atoms with E-state index in [1.165, 1.54) is 17.7 Å². The number of nitro groups is 1. The number of furan rings is 1. The number of esters is 1. The molecule has 0 radical (unpaired) electrons. The Hall–Kier alpha value is -4.97. The van der Waals surface area contributed by atoms with Crippen molar-refractivity contribution in [3.8, 4) is 22.8 Å². The molecule has 0 aliphatic carbocycles. The summed E-state index contributed by atoms with van der Waals surface area (Å²) in [5.74, 6) is 0.874. The Bertz CT molecular complexity index is 1930. The van der Waals surface area contributed by atoms with E-state index in [0.717, 1.165) is 11.3 Å². The first kappa shape index (κ1) is 29.5. The van der Waals surface area contributed by atoms with Gasteiger partial charge in [0, 0.05) is 11.6 Å². The number of methoxy groups -OCH3 is 1.